The Hall–Kier alpha value is -1.25. The van der Waals surface area contributed by atoms with Crippen molar-refractivity contribution >= 4 is 5.78 Å². The first-order valence-corrected chi connectivity index (χ1v) is 3.69. The second-order valence-electron chi connectivity index (χ2n) is 3.39. The quantitative estimate of drug-likeness (QED) is 0.646. The number of ketones is 1. The highest BCUT2D eigenvalue weighted by molar-refractivity contribution is 6.06. The van der Waals surface area contributed by atoms with Crippen LogP contribution in [0.2, 0.25) is 0 Å². The number of carbonyl (C=O) groups excluding carboxylic acids is 1. The lowest BCUT2D eigenvalue weighted by molar-refractivity contribution is -0.117. The standard InChI is InChI=1S/C9H12O3/c1-9(2)4-6(10)8(11)7(5-9)12-3/h4-5,10H,1-3H3. The zero-order chi connectivity index (χ0) is 9.35. The van der Waals surface area contributed by atoms with Gasteiger partial charge in [-0.15, -0.1) is 0 Å². The van der Waals surface area contributed by atoms with E-state index in [1.807, 2.05) is 13.8 Å². The first-order chi connectivity index (χ1) is 5.46. The van der Waals surface area contributed by atoms with E-state index in [0.29, 0.717) is 0 Å². The van der Waals surface area contributed by atoms with Gasteiger partial charge in [-0.2, -0.15) is 0 Å². The van der Waals surface area contributed by atoms with Gasteiger partial charge in [0, 0.05) is 5.41 Å². The van der Waals surface area contributed by atoms with Crippen molar-refractivity contribution in [2.45, 2.75) is 13.8 Å². The summed E-state index contributed by atoms with van der Waals surface area (Å²) < 4.78 is 4.82. The van der Waals surface area contributed by atoms with Crippen LogP contribution in [0.15, 0.2) is 23.7 Å². The second kappa shape index (κ2) is 2.66. The van der Waals surface area contributed by atoms with E-state index in [1.54, 1.807) is 6.08 Å². The highest BCUT2D eigenvalue weighted by Crippen LogP contribution is 2.28. The molecule has 1 aliphatic carbocycles. The smallest absolute Gasteiger partial charge is 0.261 e. The fraction of sp³-hybridized carbons (Fsp3) is 0.444. The molecule has 0 bridgehead atoms. The Morgan fingerprint density at radius 1 is 1.42 bits per heavy atom. The van der Waals surface area contributed by atoms with Gasteiger partial charge in [-0.3, -0.25) is 4.79 Å². The van der Waals surface area contributed by atoms with Gasteiger partial charge < -0.3 is 9.84 Å². The summed E-state index contributed by atoms with van der Waals surface area (Å²) >= 11 is 0. The summed E-state index contributed by atoms with van der Waals surface area (Å²) in [5.74, 6) is -0.476. The Balaban J connectivity index is 3.06. The fourth-order valence-electron chi connectivity index (χ4n) is 1.14. The van der Waals surface area contributed by atoms with Crippen LogP contribution in [0.1, 0.15) is 13.8 Å². The molecule has 0 heterocycles. The van der Waals surface area contributed by atoms with E-state index in [2.05, 4.69) is 0 Å². The Kier molecular flexibility index (Phi) is 1.96. The summed E-state index contributed by atoms with van der Waals surface area (Å²) in [5, 5.41) is 9.21. The summed E-state index contributed by atoms with van der Waals surface area (Å²) in [4.78, 5) is 11.1. The molecule has 0 aromatic carbocycles. The second-order valence-corrected chi connectivity index (χ2v) is 3.39. The number of allylic oxidation sites excluding steroid dienone is 2. The third-order valence-electron chi connectivity index (χ3n) is 1.69. The Bertz CT molecular complexity index is 271. The number of rotatable bonds is 1. The molecule has 0 aromatic rings. The van der Waals surface area contributed by atoms with Crippen molar-refractivity contribution < 1.29 is 14.6 Å². The molecule has 0 spiro atoms. The number of Topliss-reactive ketones (excluding diaryl/α,β-unsaturated/α-hetero) is 1. The lowest BCUT2D eigenvalue weighted by atomic mass is 9.87. The molecule has 0 fully saturated rings. The minimum absolute atomic E-state index is 0.208. The molecule has 1 rings (SSSR count). The molecule has 0 aromatic heterocycles. The van der Waals surface area contributed by atoms with Crippen LogP contribution >= 0.6 is 0 Å². The SMILES string of the molecule is COC1=CC(C)(C)C=C(O)C1=O. The van der Waals surface area contributed by atoms with Gasteiger partial charge in [0.2, 0.25) is 0 Å². The third-order valence-corrected chi connectivity index (χ3v) is 1.69. The van der Waals surface area contributed by atoms with Crippen molar-refractivity contribution in [3.8, 4) is 0 Å². The third kappa shape index (κ3) is 1.49. The minimum Gasteiger partial charge on any atom is -0.504 e. The molecule has 1 aliphatic rings. The molecule has 1 N–H and O–H groups in total. The molecule has 0 atom stereocenters. The highest BCUT2D eigenvalue weighted by atomic mass is 16.5. The fourth-order valence-corrected chi connectivity index (χ4v) is 1.14. The summed E-state index contributed by atoms with van der Waals surface area (Å²) in [6, 6.07) is 0. The van der Waals surface area contributed by atoms with Gasteiger partial charge in [-0.1, -0.05) is 13.8 Å². The number of hydrogen-bond acceptors (Lipinski definition) is 3. The molecule has 3 heteroatoms. The van der Waals surface area contributed by atoms with E-state index in [9.17, 15) is 9.90 Å². The monoisotopic (exact) mass is 168 g/mol. The molecule has 0 saturated heterocycles. The van der Waals surface area contributed by atoms with Gasteiger partial charge in [-0.05, 0) is 12.2 Å². The van der Waals surface area contributed by atoms with Gasteiger partial charge in [0.15, 0.2) is 11.5 Å². The number of methoxy groups -OCH3 is 1. The van der Waals surface area contributed by atoms with E-state index in [-0.39, 0.29) is 16.9 Å². The van der Waals surface area contributed by atoms with E-state index in [1.165, 1.54) is 13.2 Å². The van der Waals surface area contributed by atoms with E-state index < -0.39 is 5.78 Å². The molecular weight excluding hydrogens is 156 g/mol. The van der Waals surface area contributed by atoms with Crippen molar-refractivity contribution in [1.82, 2.24) is 0 Å². The Morgan fingerprint density at radius 2 is 2.00 bits per heavy atom. The number of aliphatic hydroxyl groups is 1. The molecular formula is C9H12O3. The van der Waals surface area contributed by atoms with Gasteiger partial charge in [0.1, 0.15) is 0 Å². The molecule has 0 saturated carbocycles. The number of aliphatic hydroxyl groups excluding tert-OH is 1. The lowest BCUT2D eigenvalue weighted by Gasteiger charge is -2.21. The van der Waals surface area contributed by atoms with E-state index in [4.69, 9.17) is 4.74 Å². The maximum atomic E-state index is 11.1. The van der Waals surface area contributed by atoms with Crippen LogP contribution < -0.4 is 0 Å². The van der Waals surface area contributed by atoms with Crippen molar-refractivity contribution in [1.29, 1.82) is 0 Å². The van der Waals surface area contributed by atoms with Crippen LogP contribution in [0.5, 0.6) is 0 Å². The van der Waals surface area contributed by atoms with Gasteiger partial charge in [0.25, 0.3) is 5.78 Å². The number of carbonyl (C=O) groups is 1. The van der Waals surface area contributed by atoms with Crippen LogP contribution in [0, 0.1) is 5.41 Å². The zero-order valence-corrected chi connectivity index (χ0v) is 7.42. The van der Waals surface area contributed by atoms with Crippen molar-refractivity contribution in [2.24, 2.45) is 5.41 Å². The van der Waals surface area contributed by atoms with Crippen LogP contribution in [-0.4, -0.2) is 18.0 Å². The highest BCUT2D eigenvalue weighted by Gasteiger charge is 2.27. The number of hydrogen-bond donors (Lipinski definition) is 1. The van der Waals surface area contributed by atoms with E-state index in [0.717, 1.165) is 0 Å². The van der Waals surface area contributed by atoms with Crippen LogP contribution in [-0.2, 0) is 9.53 Å². The van der Waals surface area contributed by atoms with Gasteiger partial charge in [0.05, 0.1) is 7.11 Å². The first kappa shape index (κ1) is 8.84. The summed E-state index contributed by atoms with van der Waals surface area (Å²) in [7, 11) is 1.42. The van der Waals surface area contributed by atoms with Crippen LogP contribution in [0.25, 0.3) is 0 Å². The summed E-state index contributed by atoms with van der Waals surface area (Å²) in [6.45, 7) is 3.77. The molecule has 0 amide bonds. The lowest BCUT2D eigenvalue weighted by Crippen LogP contribution is -2.19. The average Bonchev–Trinajstić information content (AvgIpc) is 1.96. The molecule has 0 unspecified atom stereocenters. The molecule has 3 nitrogen and oxygen atoms in total. The van der Waals surface area contributed by atoms with Crippen LogP contribution in [0.3, 0.4) is 0 Å². The maximum Gasteiger partial charge on any atom is 0.261 e. The summed E-state index contributed by atoms with van der Waals surface area (Å²) in [5.41, 5.74) is -0.316. The first-order valence-electron chi connectivity index (χ1n) is 3.69. The molecule has 12 heavy (non-hydrogen) atoms. The number of ether oxygens (including phenoxy) is 1. The molecule has 0 radical (unpaired) electrons. The normalized spacial score (nSPS) is 21.4. The van der Waals surface area contributed by atoms with Crippen LogP contribution in [0.4, 0.5) is 0 Å². The largest absolute Gasteiger partial charge is 0.504 e. The Morgan fingerprint density at radius 3 is 2.50 bits per heavy atom. The Labute approximate surface area is 71.3 Å². The summed E-state index contributed by atoms with van der Waals surface area (Å²) in [6.07, 6.45) is 3.20. The zero-order valence-electron chi connectivity index (χ0n) is 7.42. The van der Waals surface area contributed by atoms with Crippen molar-refractivity contribution in [2.75, 3.05) is 7.11 Å². The molecule has 0 aliphatic heterocycles. The minimum atomic E-state index is -0.447. The maximum absolute atomic E-state index is 11.1. The van der Waals surface area contributed by atoms with E-state index >= 15 is 0 Å². The predicted molar refractivity (Wildman–Crippen MR) is 44.6 cm³/mol. The van der Waals surface area contributed by atoms with Crippen molar-refractivity contribution in [3.05, 3.63) is 23.7 Å². The predicted octanol–water partition coefficient (Wildman–Crippen LogP) is 1.57. The molecule has 66 valence electrons. The average molecular weight is 168 g/mol. The topological polar surface area (TPSA) is 46.5 Å². The van der Waals surface area contributed by atoms with Crippen molar-refractivity contribution in [3.63, 3.8) is 0 Å². The van der Waals surface area contributed by atoms with Gasteiger partial charge >= 0.3 is 0 Å². The van der Waals surface area contributed by atoms with Gasteiger partial charge in [-0.25, -0.2) is 0 Å².